The Morgan fingerprint density at radius 2 is 0.768 bits per heavy atom. The van der Waals surface area contributed by atoms with Crippen molar-refractivity contribution in [3.05, 3.63) is 85.1 Å². The fraction of sp³-hybridized carbons (Fsp3) is 0.712. The third-order valence-electron chi connectivity index (χ3n) is 10.4. The van der Waals surface area contributed by atoms with E-state index in [0.29, 0.717) is 12.8 Å². The number of aliphatic hydroxyl groups excluding tert-OH is 2. The summed E-state index contributed by atoms with van der Waals surface area (Å²) in [6, 6.07) is -0.573. The monoisotopic (exact) mass is 778 g/mol. The van der Waals surface area contributed by atoms with Crippen molar-refractivity contribution >= 4 is 5.91 Å². The van der Waals surface area contributed by atoms with E-state index in [1.165, 1.54) is 122 Å². The summed E-state index contributed by atoms with van der Waals surface area (Å²) in [7, 11) is 0. The molecule has 2 unspecified atom stereocenters. The van der Waals surface area contributed by atoms with Gasteiger partial charge in [0.1, 0.15) is 0 Å². The Morgan fingerprint density at radius 1 is 0.446 bits per heavy atom. The summed E-state index contributed by atoms with van der Waals surface area (Å²) < 4.78 is 0. The highest BCUT2D eigenvalue weighted by Crippen LogP contribution is 2.16. The summed E-state index contributed by atoms with van der Waals surface area (Å²) in [5.74, 6) is -0.0905. The average Bonchev–Trinajstić information content (AvgIpc) is 3.20. The predicted octanol–water partition coefficient (Wildman–Crippen LogP) is 15.2. The molecule has 0 aromatic carbocycles. The van der Waals surface area contributed by atoms with Crippen LogP contribution < -0.4 is 5.32 Å². The summed E-state index contributed by atoms with van der Waals surface area (Å²) in [6.45, 7) is 4.22. The van der Waals surface area contributed by atoms with Crippen LogP contribution in [0.5, 0.6) is 0 Å². The average molecular weight is 778 g/mol. The molecule has 0 rings (SSSR count). The van der Waals surface area contributed by atoms with Gasteiger partial charge < -0.3 is 15.5 Å². The minimum Gasteiger partial charge on any atom is -0.394 e. The first-order valence-corrected chi connectivity index (χ1v) is 23.8. The minimum absolute atomic E-state index is 0.0905. The molecule has 0 heterocycles. The second-order valence-electron chi connectivity index (χ2n) is 15.8. The number of hydrogen-bond donors (Lipinski definition) is 3. The van der Waals surface area contributed by atoms with E-state index in [0.717, 1.165) is 70.6 Å². The predicted molar refractivity (Wildman–Crippen MR) is 248 cm³/mol. The number of rotatable bonds is 42. The van der Waals surface area contributed by atoms with E-state index in [-0.39, 0.29) is 12.5 Å². The Kier molecular flexibility index (Phi) is 44.9. The molecule has 1 amide bonds. The molecule has 3 N–H and O–H groups in total. The van der Waals surface area contributed by atoms with Crippen LogP contribution in [0.25, 0.3) is 0 Å². The van der Waals surface area contributed by atoms with Crippen LogP contribution in [0.15, 0.2) is 85.1 Å². The standard InChI is InChI=1S/C52H91NO3/c1-3-5-7-9-11-13-15-17-19-21-23-25-26-28-30-32-34-36-38-40-42-44-46-48-52(56)53-50(49-54)51(55)47-45-43-41-39-37-35-33-31-29-27-24-22-20-18-16-14-12-10-8-6-4-2/h5,7,11,13,17,19,23,25,28,30,34,36,40,42,50-51,54-55H,3-4,6,8-10,12,14-16,18,20-22,24,26-27,29,31-33,35,37-39,41,43-49H2,1-2H3,(H,53,56)/b7-5-,13-11-,19-17-,25-23-,30-28-,36-34-,42-40-. The number of amides is 1. The summed E-state index contributed by atoms with van der Waals surface area (Å²) in [5, 5.41) is 23.2. The van der Waals surface area contributed by atoms with E-state index in [1.54, 1.807) is 0 Å². The van der Waals surface area contributed by atoms with Crippen LogP contribution in [0.1, 0.15) is 219 Å². The number of unbranched alkanes of at least 4 members (excludes halogenated alkanes) is 21. The van der Waals surface area contributed by atoms with Gasteiger partial charge in [0.15, 0.2) is 0 Å². The number of nitrogens with one attached hydrogen (secondary N) is 1. The molecule has 0 aromatic heterocycles. The Balaban J connectivity index is 3.65. The highest BCUT2D eigenvalue weighted by atomic mass is 16.3. The molecule has 0 aliphatic carbocycles. The molecular weight excluding hydrogens is 687 g/mol. The van der Waals surface area contributed by atoms with Gasteiger partial charge in [-0.05, 0) is 64.2 Å². The zero-order chi connectivity index (χ0) is 40.7. The normalized spacial score (nSPS) is 13.7. The van der Waals surface area contributed by atoms with Gasteiger partial charge in [-0.25, -0.2) is 0 Å². The quantitative estimate of drug-likeness (QED) is 0.0427. The summed E-state index contributed by atoms with van der Waals surface area (Å²) in [5.41, 5.74) is 0. The van der Waals surface area contributed by atoms with Gasteiger partial charge in [-0.1, -0.05) is 234 Å². The Morgan fingerprint density at radius 3 is 1.11 bits per heavy atom. The van der Waals surface area contributed by atoms with Gasteiger partial charge in [0.05, 0.1) is 18.8 Å². The van der Waals surface area contributed by atoms with Gasteiger partial charge in [0, 0.05) is 6.42 Å². The molecule has 0 saturated heterocycles. The van der Waals surface area contributed by atoms with Crippen LogP contribution in [0.4, 0.5) is 0 Å². The van der Waals surface area contributed by atoms with Crippen molar-refractivity contribution in [2.45, 2.75) is 231 Å². The van der Waals surface area contributed by atoms with Gasteiger partial charge in [0.25, 0.3) is 0 Å². The lowest BCUT2D eigenvalue weighted by Crippen LogP contribution is -2.45. The highest BCUT2D eigenvalue weighted by Gasteiger charge is 2.19. The Bertz CT molecular complexity index is 1020. The van der Waals surface area contributed by atoms with E-state index in [2.05, 4.69) is 104 Å². The molecule has 0 aliphatic heterocycles. The van der Waals surface area contributed by atoms with E-state index in [1.807, 2.05) is 0 Å². The number of aliphatic hydroxyl groups is 2. The Labute approximate surface area is 348 Å². The fourth-order valence-electron chi connectivity index (χ4n) is 6.82. The molecule has 0 spiro atoms. The number of carbonyl (C=O) groups excluding carboxylic acids is 1. The molecule has 4 heteroatoms. The van der Waals surface area contributed by atoms with Gasteiger partial charge in [-0.15, -0.1) is 0 Å². The van der Waals surface area contributed by atoms with Crippen molar-refractivity contribution in [3.63, 3.8) is 0 Å². The van der Waals surface area contributed by atoms with Crippen LogP contribution >= 0.6 is 0 Å². The smallest absolute Gasteiger partial charge is 0.220 e. The van der Waals surface area contributed by atoms with E-state index >= 15 is 0 Å². The molecule has 0 aliphatic rings. The molecular formula is C52H91NO3. The number of allylic oxidation sites excluding steroid dienone is 14. The Hall–Kier alpha value is -2.43. The SMILES string of the molecule is CC/C=C\C/C=C\C/C=C\C/C=C\C/C=C\C/C=C\C/C=C\CCCC(=O)NC(CO)C(O)CCCCCCCCCCCCCCCCCCCCCCC. The van der Waals surface area contributed by atoms with Gasteiger partial charge in [0.2, 0.25) is 5.91 Å². The van der Waals surface area contributed by atoms with Gasteiger partial charge in [-0.2, -0.15) is 0 Å². The van der Waals surface area contributed by atoms with Crippen LogP contribution in [0.2, 0.25) is 0 Å². The lowest BCUT2D eigenvalue weighted by Gasteiger charge is -2.22. The number of hydrogen-bond acceptors (Lipinski definition) is 3. The van der Waals surface area contributed by atoms with Crippen molar-refractivity contribution < 1.29 is 15.0 Å². The third kappa shape index (κ3) is 42.7. The van der Waals surface area contributed by atoms with Crippen molar-refractivity contribution in [1.82, 2.24) is 5.32 Å². The first kappa shape index (κ1) is 53.6. The third-order valence-corrected chi connectivity index (χ3v) is 10.4. The van der Waals surface area contributed by atoms with Crippen molar-refractivity contribution in [3.8, 4) is 0 Å². The van der Waals surface area contributed by atoms with Gasteiger partial charge in [-0.3, -0.25) is 4.79 Å². The zero-order valence-corrected chi connectivity index (χ0v) is 36.9. The summed E-state index contributed by atoms with van der Waals surface area (Å²) >= 11 is 0. The lowest BCUT2D eigenvalue weighted by molar-refractivity contribution is -0.123. The van der Waals surface area contributed by atoms with Crippen molar-refractivity contribution in [1.29, 1.82) is 0 Å². The second-order valence-corrected chi connectivity index (χ2v) is 15.8. The maximum absolute atomic E-state index is 12.4. The molecule has 0 radical (unpaired) electrons. The summed E-state index contributed by atoms with van der Waals surface area (Å²) in [4.78, 5) is 12.4. The highest BCUT2D eigenvalue weighted by molar-refractivity contribution is 5.76. The molecule has 56 heavy (non-hydrogen) atoms. The first-order valence-electron chi connectivity index (χ1n) is 23.8. The molecule has 0 saturated carbocycles. The van der Waals surface area contributed by atoms with Crippen molar-refractivity contribution in [2.24, 2.45) is 0 Å². The van der Waals surface area contributed by atoms with E-state index in [4.69, 9.17) is 0 Å². The molecule has 0 fully saturated rings. The molecule has 4 nitrogen and oxygen atoms in total. The van der Waals surface area contributed by atoms with Crippen LogP contribution in [-0.2, 0) is 4.79 Å². The maximum atomic E-state index is 12.4. The molecule has 0 aromatic rings. The molecule has 0 bridgehead atoms. The zero-order valence-electron chi connectivity index (χ0n) is 36.9. The van der Waals surface area contributed by atoms with Crippen LogP contribution in [-0.4, -0.2) is 34.9 Å². The maximum Gasteiger partial charge on any atom is 0.220 e. The van der Waals surface area contributed by atoms with E-state index < -0.39 is 12.1 Å². The minimum atomic E-state index is -0.689. The lowest BCUT2D eigenvalue weighted by atomic mass is 10.0. The molecule has 2 atom stereocenters. The van der Waals surface area contributed by atoms with Crippen LogP contribution in [0, 0.1) is 0 Å². The molecule has 322 valence electrons. The second kappa shape index (κ2) is 46.9. The largest absolute Gasteiger partial charge is 0.394 e. The van der Waals surface area contributed by atoms with Crippen molar-refractivity contribution in [2.75, 3.05) is 6.61 Å². The fourth-order valence-corrected chi connectivity index (χ4v) is 6.82. The van der Waals surface area contributed by atoms with Crippen LogP contribution in [0.3, 0.4) is 0 Å². The summed E-state index contributed by atoms with van der Waals surface area (Å²) in [6.07, 6.45) is 68.2. The number of carbonyl (C=O) groups is 1. The van der Waals surface area contributed by atoms with E-state index in [9.17, 15) is 15.0 Å². The topological polar surface area (TPSA) is 69.6 Å². The first-order chi connectivity index (χ1) is 27.7. The van der Waals surface area contributed by atoms with Gasteiger partial charge >= 0.3 is 0 Å².